The predicted molar refractivity (Wildman–Crippen MR) is 129 cm³/mol. The van der Waals surface area contributed by atoms with E-state index in [1.807, 2.05) is 19.9 Å². The zero-order valence-electron chi connectivity index (χ0n) is 19.2. The number of allylic oxidation sites excluding steroid dienone is 3. The number of esters is 1. The van der Waals surface area contributed by atoms with Crippen LogP contribution in [0.25, 0.3) is 0 Å². The minimum absolute atomic E-state index is 0.171. The van der Waals surface area contributed by atoms with Gasteiger partial charge in [-0.15, -0.1) is 0 Å². The Morgan fingerprint density at radius 2 is 1.65 bits per heavy atom. The van der Waals surface area contributed by atoms with Gasteiger partial charge in [0.15, 0.2) is 0 Å². The number of ether oxygens (including phenoxy) is 3. The van der Waals surface area contributed by atoms with Crippen LogP contribution in [0.3, 0.4) is 0 Å². The molecule has 2 aromatic carbocycles. The molecule has 2 N–H and O–H groups in total. The standard InChI is InChI=1S/C25H25ClN2O6/c1-14(2)5-12-20(34-25(29)15-6-8-16(26)9-7-15)17-13-21(32-3)22-18(27-30)10-11-19(28-31)23(22)24(17)33-4/h5-11,13,20,30-31H,12H2,1-4H3/b27-18+,28-19+. The van der Waals surface area contributed by atoms with Crippen LogP contribution in [0.2, 0.25) is 5.02 Å². The van der Waals surface area contributed by atoms with Gasteiger partial charge in [0.2, 0.25) is 0 Å². The molecule has 34 heavy (non-hydrogen) atoms. The Bertz CT molecular complexity index is 1190. The first-order valence-corrected chi connectivity index (χ1v) is 10.7. The maximum Gasteiger partial charge on any atom is 0.338 e. The van der Waals surface area contributed by atoms with Crippen LogP contribution in [-0.4, -0.2) is 42.0 Å². The van der Waals surface area contributed by atoms with Gasteiger partial charge >= 0.3 is 5.97 Å². The molecule has 0 bridgehead atoms. The Balaban J connectivity index is 2.20. The summed E-state index contributed by atoms with van der Waals surface area (Å²) in [4.78, 5) is 13.0. The average Bonchev–Trinajstić information content (AvgIpc) is 2.84. The second-order valence-corrected chi connectivity index (χ2v) is 8.11. The Morgan fingerprint density at radius 1 is 1.03 bits per heavy atom. The van der Waals surface area contributed by atoms with Gasteiger partial charge in [-0.1, -0.05) is 33.6 Å². The van der Waals surface area contributed by atoms with E-state index in [9.17, 15) is 15.2 Å². The molecule has 0 heterocycles. The highest BCUT2D eigenvalue weighted by molar-refractivity contribution is 6.30. The zero-order valence-corrected chi connectivity index (χ0v) is 20.0. The Labute approximate surface area is 202 Å². The van der Waals surface area contributed by atoms with Gasteiger partial charge in [0.25, 0.3) is 0 Å². The molecule has 178 valence electrons. The van der Waals surface area contributed by atoms with Crippen molar-refractivity contribution in [2.24, 2.45) is 10.3 Å². The summed E-state index contributed by atoms with van der Waals surface area (Å²) in [5.41, 5.74) is 2.96. The molecule has 0 saturated heterocycles. The SMILES string of the molecule is COc1cc(C(CC=C(C)C)OC(=O)c2ccc(Cl)cc2)c(OC)c2c1/C(=N/O)C=C/C2=N\O. The predicted octanol–water partition coefficient (Wildman–Crippen LogP) is 5.54. The van der Waals surface area contributed by atoms with E-state index >= 15 is 0 Å². The number of carbonyl (C=O) groups excluding carboxylic acids is 1. The lowest BCUT2D eigenvalue weighted by molar-refractivity contribution is 0.0297. The van der Waals surface area contributed by atoms with Crippen molar-refractivity contribution in [1.29, 1.82) is 0 Å². The van der Waals surface area contributed by atoms with Crippen molar-refractivity contribution >= 4 is 29.0 Å². The highest BCUT2D eigenvalue weighted by Crippen LogP contribution is 2.42. The van der Waals surface area contributed by atoms with E-state index < -0.39 is 12.1 Å². The minimum atomic E-state index is -0.771. The van der Waals surface area contributed by atoms with Crippen molar-refractivity contribution in [2.75, 3.05) is 14.2 Å². The summed E-state index contributed by atoms with van der Waals surface area (Å²) >= 11 is 5.94. The third kappa shape index (κ3) is 5.07. The third-order valence-corrected chi connectivity index (χ3v) is 5.49. The third-order valence-electron chi connectivity index (χ3n) is 5.24. The first kappa shape index (κ1) is 24.9. The van der Waals surface area contributed by atoms with E-state index in [0.29, 0.717) is 45.2 Å². The lowest BCUT2D eigenvalue weighted by Gasteiger charge is -2.26. The maximum absolute atomic E-state index is 13.0. The summed E-state index contributed by atoms with van der Waals surface area (Å²) in [7, 11) is 2.91. The largest absolute Gasteiger partial charge is 0.496 e. The van der Waals surface area contributed by atoms with Gasteiger partial charge < -0.3 is 24.6 Å². The zero-order chi connectivity index (χ0) is 24.8. The quantitative estimate of drug-likeness (QED) is 0.231. The molecule has 0 radical (unpaired) electrons. The molecule has 1 atom stereocenters. The number of benzene rings is 2. The number of hydrogen-bond acceptors (Lipinski definition) is 8. The number of halogens is 1. The summed E-state index contributed by atoms with van der Waals surface area (Å²) in [6.45, 7) is 3.88. The molecule has 3 rings (SSSR count). The lowest BCUT2D eigenvalue weighted by atomic mass is 9.88. The van der Waals surface area contributed by atoms with Crippen molar-refractivity contribution in [3.05, 3.63) is 81.4 Å². The molecule has 0 fully saturated rings. The molecule has 0 aromatic heterocycles. The van der Waals surface area contributed by atoms with Gasteiger partial charge in [-0.25, -0.2) is 4.79 Å². The van der Waals surface area contributed by atoms with Crippen LogP contribution in [0.1, 0.15) is 53.4 Å². The molecule has 0 aliphatic heterocycles. The second kappa shape index (κ2) is 10.9. The minimum Gasteiger partial charge on any atom is -0.496 e. The molecular weight excluding hydrogens is 460 g/mol. The molecule has 9 heteroatoms. The van der Waals surface area contributed by atoms with E-state index in [0.717, 1.165) is 5.57 Å². The van der Waals surface area contributed by atoms with Gasteiger partial charge in [-0.05, 0) is 56.3 Å². The van der Waals surface area contributed by atoms with E-state index in [1.165, 1.54) is 26.4 Å². The van der Waals surface area contributed by atoms with Crippen LogP contribution in [-0.2, 0) is 4.74 Å². The summed E-state index contributed by atoms with van der Waals surface area (Å²) in [5, 5.41) is 26.3. The van der Waals surface area contributed by atoms with Crippen molar-refractivity contribution in [2.45, 2.75) is 26.4 Å². The van der Waals surface area contributed by atoms with Crippen LogP contribution in [0.4, 0.5) is 0 Å². The molecule has 0 spiro atoms. The normalized spacial score (nSPS) is 15.6. The summed E-state index contributed by atoms with van der Waals surface area (Å²) < 4.78 is 17.2. The fraction of sp³-hybridized carbons (Fsp3) is 0.240. The fourth-order valence-corrected chi connectivity index (χ4v) is 3.76. The number of oxime groups is 2. The van der Waals surface area contributed by atoms with Gasteiger partial charge in [0, 0.05) is 17.0 Å². The van der Waals surface area contributed by atoms with Crippen molar-refractivity contribution in [3.8, 4) is 11.5 Å². The van der Waals surface area contributed by atoms with Gasteiger partial charge in [-0.3, -0.25) is 0 Å². The van der Waals surface area contributed by atoms with Crippen LogP contribution in [0, 0.1) is 0 Å². The monoisotopic (exact) mass is 484 g/mol. The first-order chi connectivity index (χ1) is 16.3. The molecule has 1 aliphatic rings. The van der Waals surface area contributed by atoms with Crippen LogP contribution in [0.15, 0.2) is 64.4 Å². The van der Waals surface area contributed by atoms with Gasteiger partial charge in [0.05, 0.1) is 30.9 Å². The molecule has 0 amide bonds. The summed E-state index contributed by atoms with van der Waals surface area (Å²) in [6.07, 6.45) is 4.48. The molecule has 8 nitrogen and oxygen atoms in total. The van der Waals surface area contributed by atoms with Crippen LogP contribution in [0.5, 0.6) is 11.5 Å². The Hall–Kier alpha value is -3.78. The van der Waals surface area contributed by atoms with E-state index in [1.54, 1.807) is 30.3 Å². The van der Waals surface area contributed by atoms with Crippen LogP contribution >= 0.6 is 11.6 Å². The lowest BCUT2D eigenvalue weighted by Crippen LogP contribution is -2.20. The molecular formula is C25H25ClN2O6. The average molecular weight is 485 g/mol. The molecule has 1 aliphatic carbocycles. The van der Waals surface area contributed by atoms with E-state index in [-0.39, 0.29) is 11.4 Å². The topological polar surface area (TPSA) is 110 Å². The summed E-state index contributed by atoms with van der Waals surface area (Å²) in [5.74, 6) is 0.0788. The van der Waals surface area contributed by atoms with Crippen molar-refractivity contribution < 1.29 is 29.4 Å². The maximum atomic E-state index is 13.0. The van der Waals surface area contributed by atoms with E-state index in [2.05, 4.69) is 10.3 Å². The molecule has 2 aromatic rings. The number of hydrogen-bond donors (Lipinski definition) is 2. The fourth-order valence-electron chi connectivity index (χ4n) is 3.63. The highest BCUT2D eigenvalue weighted by Gasteiger charge is 2.32. The number of carbonyl (C=O) groups is 1. The number of fused-ring (bicyclic) bond motifs is 1. The molecule has 1 unspecified atom stereocenters. The van der Waals surface area contributed by atoms with Crippen LogP contribution < -0.4 is 9.47 Å². The Morgan fingerprint density at radius 3 is 2.18 bits per heavy atom. The number of methoxy groups -OCH3 is 2. The number of rotatable bonds is 7. The Kier molecular flexibility index (Phi) is 7.96. The van der Waals surface area contributed by atoms with Gasteiger partial charge in [-0.2, -0.15) is 0 Å². The van der Waals surface area contributed by atoms with Gasteiger partial charge in [0.1, 0.15) is 29.0 Å². The smallest absolute Gasteiger partial charge is 0.338 e. The highest BCUT2D eigenvalue weighted by atomic mass is 35.5. The number of nitrogens with zero attached hydrogens (tertiary/aromatic N) is 2. The summed E-state index contributed by atoms with van der Waals surface area (Å²) in [6, 6.07) is 8.04. The van der Waals surface area contributed by atoms with Crippen molar-refractivity contribution in [3.63, 3.8) is 0 Å². The van der Waals surface area contributed by atoms with Crippen molar-refractivity contribution in [1.82, 2.24) is 0 Å². The first-order valence-electron chi connectivity index (χ1n) is 10.4. The molecule has 0 saturated carbocycles. The second-order valence-electron chi connectivity index (χ2n) is 7.67. The van der Waals surface area contributed by atoms with E-state index in [4.69, 9.17) is 25.8 Å².